The molecular formula is C18H30N4O2. The molecule has 0 aliphatic carbocycles. The van der Waals surface area contributed by atoms with Crippen LogP contribution in [0.5, 0.6) is 0 Å². The van der Waals surface area contributed by atoms with E-state index in [-0.39, 0.29) is 17.6 Å². The fourth-order valence-corrected chi connectivity index (χ4v) is 2.57. The predicted molar refractivity (Wildman–Crippen MR) is 95.3 cm³/mol. The Morgan fingerprint density at radius 1 is 1.12 bits per heavy atom. The molecule has 1 aromatic heterocycles. The van der Waals surface area contributed by atoms with Crippen molar-refractivity contribution in [2.75, 3.05) is 18.0 Å². The maximum Gasteiger partial charge on any atom is 0.407 e. The van der Waals surface area contributed by atoms with E-state index in [0.717, 1.165) is 37.4 Å². The molecule has 0 saturated carbocycles. The van der Waals surface area contributed by atoms with Crippen LogP contribution in [0.1, 0.15) is 59.9 Å². The Balaban J connectivity index is 1.85. The summed E-state index contributed by atoms with van der Waals surface area (Å²) in [5.41, 5.74) is 0.726. The maximum atomic E-state index is 11.8. The van der Waals surface area contributed by atoms with E-state index in [2.05, 4.69) is 41.0 Å². The quantitative estimate of drug-likeness (QED) is 0.899. The summed E-state index contributed by atoms with van der Waals surface area (Å²) in [6.45, 7) is 13.7. The summed E-state index contributed by atoms with van der Waals surface area (Å²) in [5, 5.41) is 2.95. The van der Waals surface area contributed by atoms with E-state index in [1.165, 1.54) is 0 Å². The second-order valence-electron chi connectivity index (χ2n) is 8.43. The van der Waals surface area contributed by atoms with Gasteiger partial charge < -0.3 is 15.0 Å². The van der Waals surface area contributed by atoms with Crippen molar-refractivity contribution in [3.05, 3.63) is 18.0 Å². The summed E-state index contributed by atoms with van der Waals surface area (Å²) >= 11 is 0. The van der Waals surface area contributed by atoms with E-state index in [1.807, 2.05) is 33.2 Å². The molecule has 0 spiro atoms. The van der Waals surface area contributed by atoms with Crippen molar-refractivity contribution in [2.45, 2.75) is 71.4 Å². The van der Waals surface area contributed by atoms with Crippen LogP contribution >= 0.6 is 0 Å². The third kappa shape index (κ3) is 5.35. The number of anilines is 1. The number of alkyl carbamates (subject to hydrolysis) is 1. The summed E-state index contributed by atoms with van der Waals surface area (Å²) in [4.78, 5) is 23.0. The summed E-state index contributed by atoms with van der Waals surface area (Å²) in [6.07, 6.45) is 5.21. The molecule has 0 radical (unpaired) electrons. The van der Waals surface area contributed by atoms with E-state index in [0.29, 0.717) is 0 Å². The molecule has 1 aromatic rings. The number of nitrogens with zero attached hydrogens (tertiary/aromatic N) is 3. The lowest BCUT2D eigenvalue weighted by molar-refractivity contribution is 0.0497. The van der Waals surface area contributed by atoms with E-state index in [4.69, 9.17) is 4.74 Å². The molecule has 1 aliphatic heterocycles. The molecule has 0 atom stereocenters. The number of rotatable bonds is 2. The molecule has 1 saturated heterocycles. The van der Waals surface area contributed by atoms with Gasteiger partial charge in [-0.1, -0.05) is 20.8 Å². The minimum absolute atomic E-state index is 0.0584. The largest absolute Gasteiger partial charge is 0.444 e. The Hall–Kier alpha value is -1.85. The Morgan fingerprint density at radius 3 is 2.12 bits per heavy atom. The van der Waals surface area contributed by atoms with Gasteiger partial charge in [0, 0.05) is 31.5 Å². The zero-order valence-corrected chi connectivity index (χ0v) is 15.7. The standard InChI is InChI=1S/C18H30N4O2/c1-17(2,3)13-11-19-15(20-12-13)22-9-7-14(8-10-22)21-16(23)24-18(4,5)6/h11-12,14H,7-10H2,1-6H3,(H,21,23). The SMILES string of the molecule is CC(C)(C)OC(=O)NC1CCN(c2ncc(C(C)(C)C)cn2)CC1. The lowest BCUT2D eigenvalue weighted by Crippen LogP contribution is -2.46. The van der Waals surface area contributed by atoms with Crippen molar-refractivity contribution < 1.29 is 9.53 Å². The third-order valence-electron chi connectivity index (χ3n) is 4.00. The third-order valence-corrected chi connectivity index (χ3v) is 4.00. The van der Waals surface area contributed by atoms with Crippen LogP contribution in [0.15, 0.2) is 12.4 Å². The molecule has 6 nitrogen and oxygen atoms in total. The highest BCUT2D eigenvalue weighted by atomic mass is 16.6. The highest BCUT2D eigenvalue weighted by Gasteiger charge is 2.25. The van der Waals surface area contributed by atoms with Crippen LogP contribution in [-0.4, -0.2) is 40.8 Å². The van der Waals surface area contributed by atoms with Crippen LogP contribution in [0, 0.1) is 0 Å². The zero-order chi connectivity index (χ0) is 18.0. The maximum absolute atomic E-state index is 11.8. The van der Waals surface area contributed by atoms with Gasteiger partial charge in [0.15, 0.2) is 0 Å². The number of hydrogen-bond donors (Lipinski definition) is 1. The second-order valence-corrected chi connectivity index (χ2v) is 8.43. The fraction of sp³-hybridized carbons (Fsp3) is 0.722. The summed E-state index contributed by atoms with van der Waals surface area (Å²) in [5.74, 6) is 0.763. The molecule has 1 N–H and O–H groups in total. The number of hydrogen-bond acceptors (Lipinski definition) is 5. The van der Waals surface area contributed by atoms with E-state index < -0.39 is 5.60 Å². The van der Waals surface area contributed by atoms with Gasteiger partial charge in [0.1, 0.15) is 5.60 Å². The molecule has 1 fully saturated rings. The molecule has 0 aromatic carbocycles. The Labute approximate surface area is 145 Å². The van der Waals surface area contributed by atoms with Gasteiger partial charge in [0.25, 0.3) is 0 Å². The van der Waals surface area contributed by atoms with Crippen LogP contribution in [0.3, 0.4) is 0 Å². The van der Waals surface area contributed by atoms with E-state index >= 15 is 0 Å². The summed E-state index contributed by atoms with van der Waals surface area (Å²) in [7, 11) is 0. The normalized spacial score (nSPS) is 16.8. The highest BCUT2D eigenvalue weighted by Crippen LogP contribution is 2.22. The number of ether oxygens (including phenoxy) is 1. The van der Waals surface area contributed by atoms with Crippen molar-refractivity contribution in [3.8, 4) is 0 Å². The second kappa shape index (κ2) is 6.95. The van der Waals surface area contributed by atoms with Gasteiger partial charge >= 0.3 is 6.09 Å². The lowest BCUT2D eigenvalue weighted by atomic mass is 9.89. The minimum Gasteiger partial charge on any atom is -0.444 e. The fourth-order valence-electron chi connectivity index (χ4n) is 2.57. The number of nitrogens with one attached hydrogen (secondary N) is 1. The molecule has 24 heavy (non-hydrogen) atoms. The molecule has 6 heteroatoms. The predicted octanol–water partition coefficient (Wildman–Crippen LogP) is 3.27. The molecular weight excluding hydrogens is 304 g/mol. The molecule has 134 valence electrons. The average molecular weight is 334 g/mol. The van der Waals surface area contributed by atoms with Crippen LogP contribution in [-0.2, 0) is 10.2 Å². The zero-order valence-electron chi connectivity index (χ0n) is 15.7. The van der Waals surface area contributed by atoms with Gasteiger partial charge in [-0.2, -0.15) is 0 Å². The first-order chi connectivity index (χ1) is 11.0. The molecule has 0 unspecified atom stereocenters. The molecule has 2 heterocycles. The monoisotopic (exact) mass is 334 g/mol. The number of amides is 1. The Kier molecular flexibility index (Phi) is 5.35. The van der Waals surface area contributed by atoms with Gasteiger partial charge in [0.2, 0.25) is 5.95 Å². The van der Waals surface area contributed by atoms with E-state index in [9.17, 15) is 4.79 Å². The van der Waals surface area contributed by atoms with Crippen LogP contribution in [0.25, 0.3) is 0 Å². The summed E-state index contributed by atoms with van der Waals surface area (Å²) in [6, 6.07) is 0.143. The first kappa shape index (κ1) is 18.5. The molecule has 2 rings (SSSR count). The van der Waals surface area contributed by atoms with Crippen molar-refractivity contribution in [3.63, 3.8) is 0 Å². The van der Waals surface area contributed by atoms with Crippen molar-refractivity contribution in [1.29, 1.82) is 0 Å². The van der Waals surface area contributed by atoms with Crippen molar-refractivity contribution >= 4 is 12.0 Å². The van der Waals surface area contributed by atoms with E-state index in [1.54, 1.807) is 0 Å². The Bertz CT molecular complexity index is 550. The van der Waals surface area contributed by atoms with Gasteiger partial charge in [-0.3, -0.25) is 0 Å². The van der Waals surface area contributed by atoms with Gasteiger partial charge in [-0.25, -0.2) is 14.8 Å². The molecule has 0 bridgehead atoms. The van der Waals surface area contributed by atoms with Crippen LogP contribution in [0.2, 0.25) is 0 Å². The Morgan fingerprint density at radius 2 is 1.67 bits per heavy atom. The molecule has 1 aliphatic rings. The smallest absolute Gasteiger partial charge is 0.407 e. The van der Waals surface area contributed by atoms with Crippen molar-refractivity contribution in [1.82, 2.24) is 15.3 Å². The van der Waals surface area contributed by atoms with Gasteiger partial charge in [-0.15, -0.1) is 0 Å². The van der Waals surface area contributed by atoms with Crippen molar-refractivity contribution in [2.24, 2.45) is 0 Å². The summed E-state index contributed by atoms with van der Waals surface area (Å²) < 4.78 is 5.31. The number of carbonyl (C=O) groups excluding carboxylic acids is 1. The number of piperidine rings is 1. The first-order valence-corrected chi connectivity index (χ1v) is 8.61. The van der Waals surface area contributed by atoms with Gasteiger partial charge in [0.05, 0.1) is 0 Å². The highest BCUT2D eigenvalue weighted by molar-refractivity contribution is 5.68. The number of carbonyl (C=O) groups is 1. The van der Waals surface area contributed by atoms with Crippen LogP contribution in [0.4, 0.5) is 10.7 Å². The van der Waals surface area contributed by atoms with Gasteiger partial charge in [-0.05, 0) is 44.6 Å². The minimum atomic E-state index is -0.465. The average Bonchev–Trinajstić information content (AvgIpc) is 2.45. The first-order valence-electron chi connectivity index (χ1n) is 8.61. The lowest BCUT2D eigenvalue weighted by Gasteiger charge is -2.33. The molecule has 1 amide bonds. The topological polar surface area (TPSA) is 67.3 Å². The van der Waals surface area contributed by atoms with Crippen LogP contribution < -0.4 is 10.2 Å². The number of aromatic nitrogens is 2.